The van der Waals surface area contributed by atoms with Crippen molar-refractivity contribution < 1.29 is 4.79 Å². The summed E-state index contributed by atoms with van der Waals surface area (Å²) < 4.78 is 0. The number of nitrogens with zero attached hydrogens (tertiary/aromatic N) is 1. The first-order valence-corrected chi connectivity index (χ1v) is 6.78. The van der Waals surface area contributed by atoms with Gasteiger partial charge in [0.25, 0.3) is 0 Å². The van der Waals surface area contributed by atoms with E-state index in [0.29, 0.717) is 24.0 Å². The molecular weight excluding hydrogens is 236 g/mol. The quantitative estimate of drug-likeness (QED) is 0.839. The van der Waals surface area contributed by atoms with E-state index in [4.69, 9.17) is 0 Å². The fourth-order valence-corrected chi connectivity index (χ4v) is 3.27. The highest BCUT2D eigenvalue weighted by Gasteiger charge is 2.40. The van der Waals surface area contributed by atoms with Crippen LogP contribution in [0.5, 0.6) is 0 Å². The van der Waals surface area contributed by atoms with Crippen LogP contribution < -0.4 is 5.32 Å². The van der Waals surface area contributed by atoms with Crippen molar-refractivity contribution >= 4 is 18.3 Å². The number of carbonyl (C=O) groups excluding carboxylic acids is 1. The van der Waals surface area contributed by atoms with Crippen molar-refractivity contribution in [2.45, 2.75) is 63.6 Å². The van der Waals surface area contributed by atoms with Gasteiger partial charge in [-0.25, -0.2) is 0 Å². The molecule has 1 aliphatic heterocycles. The van der Waals surface area contributed by atoms with Crippen LogP contribution in [0.15, 0.2) is 0 Å². The zero-order chi connectivity index (χ0) is 11.1. The predicted octanol–water partition coefficient (Wildman–Crippen LogP) is 1.95. The number of nitrogens with one attached hydrogen (secondary N) is 1. The first-order chi connectivity index (χ1) is 7.72. The topological polar surface area (TPSA) is 32.3 Å². The molecule has 98 valence electrons. The highest BCUT2D eigenvalue weighted by molar-refractivity contribution is 5.85. The molecule has 0 aromatic heterocycles. The molecule has 1 amide bonds. The van der Waals surface area contributed by atoms with E-state index >= 15 is 0 Å². The van der Waals surface area contributed by atoms with E-state index in [-0.39, 0.29) is 12.4 Å². The van der Waals surface area contributed by atoms with Crippen LogP contribution in [0.2, 0.25) is 0 Å². The molecule has 17 heavy (non-hydrogen) atoms. The summed E-state index contributed by atoms with van der Waals surface area (Å²) in [5.41, 5.74) is 0. The Morgan fingerprint density at radius 3 is 2.53 bits per heavy atom. The summed E-state index contributed by atoms with van der Waals surface area (Å²) >= 11 is 0. The summed E-state index contributed by atoms with van der Waals surface area (Å²) in [5, 5.41) is 3.69. The van der Waals surface area contributed by atoms with Crippen LogP contribution in [0, 0.1) is 5.92 Å². The van der Waals surface area contributed by atoms with E-state index in [1.54, 1.807) is 0 Å². The molecule has 3 aliphatic rings. The molecule has 0 spiro atoms. The Morgan fingerprint density at radius 2 is 1.94 bits per heavy atom. The van der Waals surface area contributed by atoms with Gasteiger partial charge in [0.1, 0.15) is 0 Å². The fraction of sp³-hybridized carbons (Fsp3) is 0.923. The number of carbonyl (C=O) groups is 1. The first-order valence-electron chi connectivity index (χ1n) is 6.78. The Labute approximate surface area is 110 Å². The van der Waals surface area contributed by atoms with Gasteiger partial charge < -0.3 is 10.2 Å². The zero-order valence-electron chi connectivity index (χ0n) is 10.5. The van der Waals surface area contributed by atoms with Gasteiger partial charge in [-0.15, -0.1) is 12.4 Å². The Balaban J connectivity index is 0.00000108. The van der Waals surface area contributed by atoms with Crippen LogP contribution in [0.3, 0.4) is 0 Å². The molecule has 1 saturated heterocycles. The van der Waals surface area contributed by atoms with Crippen molar-refractivity contribution in [1.82, 2.24) is 10.2 Å². The molecule has 2 saturated carbocycles. The normalized spacial score (nSPS) is 37.4. The Kier molecular flexibility index (Phi) is 3.99. The lowest BCUT2D eigenvalue weighted by molar-refractivity contribution is -0.128. The smallest absolute Gasteiger partial charge is 0.224 e. The lowest BCUT2D eigenvalue weighted by Gasteiger charge is -2.19. The monoisotopic (exact) mass is 258 g/mol. The number of amides is 1. The molecule has 3 fully saturated rings. The van der Waals surface area contributed by atoms with Gasteiger partial charge >= 0.3 is 0 Å². The third kappa shape index (κ3) is 2.94. The molecule has 1 heterocycles. The maximum atomic E-state index is 11.8. The summed E-state index contributed by atoms with van der Waals surface area (Å²) in [6.45, 7) is 3.30. The van der Waals surface area contributed by atoms with Crippen molar-refractivity contribution in [3.05, 3.63) is 0 Å². The minimum absolute atomic E-state index is 0. The maximum Gasteiger partial charge on any atom is 0.224 e. The first kappa shape index (κ1) is 13.2. The lowest BCUT2D eigenvalue weighted by atomic mass is 10.1. The molecule has 0 bridgehead atoms. The molecule has 4 heteroatoms. The van der Waals surface area contributed by atoms with E-state index in [1.165, 1.54) is 32.1 Å². The molecule has 0 aromatic carbocycles. The highest BCUT2D eigenvalue weighted by atomic mass is 35.5. The number of halogens is 1. The third-order valence-corrected chi connectivity index (χ3v) is 4.31. The van der Waals surface area contributed by atoms with Crippen LogP contribution in [0.4, 0.5) is 0 Å². The summed E-state index contributed by atoms with van der Waals surface area (Å²) in [6.07, 6.45) is 7.16. The van der Waals surface area contributed by atoms with Gasteiger partial charge in [0.2, 0.25) is 5.91 Å². The zero-order valence-corrected chi connectivity index (χ0v) is 11.3. The average molecular weight is 259 g/mol. The van der Waals surface area contributed by atoms with E-state index in [2.05, 4.69) is 17.1 Å². The fourth-order valence-electron chi connectivity index (χ4n) is 3.27. The molecule has 0 aromatic rings. The molecule has 3 rings (SSSR count). The minimum atomic E-state index is 0. The Hall–Kier alpha value is -0.280. The molecule has 1 N–H and O–H groups in total. The average Bonchev–Trinajstić information content (AvgIpc) is 2.91. The summed E-state index contributed by atoms with van der Waals surface area (Å²) in [5.74, 6) is 1.25. The van der Waals surface area contributed by atoms with Gasteiger partial charge in [0, 0.05) is 31.1 Å². The largest absolute Gasteiger partial charge is 0.338 e. The van der Waals surface area contributed by atoms with Crippen molar-refractivity contribution in [2.75, 3.05) is 6.54 Å². The maximum absolute atomic E-state index is 11.8. The van der Waals surface area contributed by atoms with Crippen LogP contribution in [-0.4, -0.2) is 35.5 Å². The second-order valence-corrected chi connectivity index (χ2v) is 5.96. The van der Waals surface area contributed by atoms with E-state index in [0.717, 1.165) is 18.9 Å². The Morgan fingerprint density at radius 1 is 1.18 bits per heavy atom. The van der Waals surface area contributed by atoms with Gasteiger partial charge in [-0.1, -0.05) is 6.92 Å². The van der Waals surface area contributed by atoms with Gasteiger partial charge in [0.15, 0.2) is 0 Å². The summed E-state index contributed by atoms with van der Waals surface area (Å²) in [6, 6.07) is 1.71. The van der Waals surface area contributed by atoms with Gasteiger partial charge in [-0.05, 0) is 38.0 Å². The van der Waals surface area contributed by atoms with Gasteiger partial charge in [-0.2, -0.15) is 0 Å². The summed E-state index contributed by atoms with van der Waals surface area (Å²) in [4.78, 5) is 13.9. The molecule has 3 atom stereocenters. The molecule has 3 unspecified atom stereocenters. The predicted molar refractivity (Wildman–Crippen MR) is 70.3 cm³/mol. The van der Waals surface area contributed by atoms with Crippen molar-refractivity contribution in [1.29, 1.82) is 0 Å². The van der Waals surface area contributed by atoms with Gasteiger partial charge in [-0.3, -0.25) is 4.79 Å². The highest BCUT2D eigenvalue weighted by Crippen LogP contribution is 2.31. The van der Waals surface area contributed by atoms with Gasteiger partial charge in [0.05, 0.1) is 0 Å². The second kappa shape index (κ2) is 5.15. The van der Waals surface area contributed by atoms with Crippen molar-refractivity contribution in [3.8, 4) is 0 Å². The molecular formula is C13H23ClN2O. The minimum Gasteiger partial charge on any atom is -0.338 e. The number of hydrogen-bond acceptors (Lipinski definition) is 2. The molecule has 2 aliphatic carbocycles. The summed E-state index contributed by atoms with van der Waals surface area (Å²) in [7, 11) is 0. The second-order valence-electron chi connectivity index (χ2n) is 5.96. The molecule has 0 radical (unpaired) electrons. The van der Waals surface area contributed by atoms with Crippen LogP contribution >= 0.6 is 12.4 Å². The van der Waals surface area contributed by atoms with E-state index < -0.39 is 0 Å². The number of likely N-dealkylation sites (tertiary alicyclic amines) is 1. The van der Waals surface area contributed by atoms with Crippen molar-refractivity contribution in [2.24, 2.45) is 5.92 Å². The SMILES string of the molecule is CC1CCC(NC2CC(=O)N(C3CC3)C2)C1.Cl. The van der Waals surface area contributed by atoms with Crippen molar-refractivity contribution in [3.63, 3.8) is 0 Å². The standard InChI is InChI=1S/C13H22N2O.ClH/c1-9-2-3-10(6-9)14-11-7-13(16)15(8-11)12-4-5-12;/h9-12,14H,2-8H2,1H3;1H. The molecule has 3 nitrogen and oxygen atoms in total. The van der Waals surface area contributed by atoms with E-state index in [9.17, 15) is 4.79 Å². The lowest BCUT2D eigenvalue weighted by Crippen LogP contribution is -2.39. The van der Waals surface area contributed by atoms with Crippen LogP contribution in [0.25, 0.3) is 0 Å². The van der Waals surface area contributed by atoms with Crippen LogP contribution in [0.1, 0.15) is 45.4 Å². The number of hydrogen-bond donors (Lipinski definition) is 1. The Bertz CT molecular complexity index is 293. The third-order valence-electron chi connectivity index (χ3n) is 4.31. The number of rotatable bonds is 3. The van der Waals surface area contributed by atoms with Crippen LogP contribution in [-0.2, 0) is 4.79 Å². The van der Waals surface area contributed by atoms with E-state index in [1.807, 2.05) is 0 Å².